The van der Waals surface area contributed by atoms with Crippen molar-refractivity contribution in [1.29, 1.82) is 0 Å². The largest absolute Gasteiger partial charge is 0.393 e. The highest BCUT2D eigenvalue weighted by molar-refractivity contribution is 5.92. The molecule has 3 rings (SSSR count). The summed E-state index contributed by atoms with van der Waals surface area (Å²) in [5.74, 6) is -0.147. The van der Waals surface area contributed by atoms with Gasteiger partial charge in [0.25, 0.3) is 5.91 Å². The van der Waals surface area contributed by atoms with Crippen molar-refractivity contribution < 1.29 is 9.90 Å². The van der Waals surface area contributed by atoms with Crippen molar-refractivity contribution in [3.05, 3.63) is 48.3 Å². The zero-order valence-electron chi connectivity index (χ0n) is 11.8. The lowest BCUT2D eigenvalue weighted by Crippen LogP contribution is -2.38. The Balaban J connectivity index is 1.64. The number of para-hydroxylation sites is 1. The quantitative estimate of drug-likeness (QED) is 0.905. The molecule has 0 atom stereocenters. The summed E-state index contributed by atoms with van der Waals surface area (Å²) in [6, 6.07) is 11.6. The predicted octanol–water partition coefficient (Wildman–Crippen LogP) is 1.91. The van der Waals surface area contributed by atoms with Crippen molar-refractivity contribution >= 4 is 5.91 Å². The smallest absolute Gasteiger partial charge is 0.272 e. The molecule has 110 valence electrons. The Kier molecular flexibility index (Phi) is 4.01. The first-order valence-corrected chi connectivity index (χ1v) is 7.32. The van der Waals surface area contributed by atoms with Crippen LogP contribution < -0.4 is 5.32 Å². The van der Waals surface area contributed by atoms with Gasteiger partial charge in [-0.05, 0) is 43.9 Å². The molecule has 1 aliphatic rings. The van der Waals surface area contributed by atoms with Crippen LogP contribution in [0.15, 0.2) is 42.6 Å². The number of aromatic nitrogens is 2. The van der Waals surface area contributed by atoms with E-state index in [1.54, 1.807) is 16.9 Å². The van der Waals surface area contributed by atoms with Crippen LogP contribution in [0, 0.1) is 0 Å². The van der Waals surface area contributed by atoms with E-state index in [1.165, 1.54) is 0 Å². The molecule has 1 heterocycles. The number of aliphatic hydroxyl groups excluding tert-OH is 1. The number of hydrogen-bond donors (Lipinski definition) is 2. The number of hydrogen-bond acceptors (Lipinski definition) is 3. The molecule has 2 N–H and O–H groups in total. The van der Waals surface area contributed by atoms with E-state index in [1.807, 2.05) is 30.3 Å². The Morgan fingerprint density at radius 3 is 2.57 bits per heavy atom. The second kappa shape index (κ2) is 6.10. The fourth-order valence-corrected chi connectivity index (χ4v) is 2.65. The molecule has 0 unspecified atom stereocenters. The van der Waals surface area contributed by atoms with E-state index >= 15 is 0 Å². The second-order valence-corrected chi connectivity index (χ2v) is 5.46. The maximum atomic E-state index is 12.2. The van der Waals surface area contributed by atoms with E-state index in [2.05, 4.69) is 10.4 Å². The van der Waals surface area contributed by atoms with Crippen LogP contribution in [0.4, 0.5) is 0 Å². The molecule has 0 saturated heterocycles. The molecule has 1 saturated carbocycles. The molecule has 2 aromatic rings. The third-order valence-corrected chi connectivity index (χ3v) is 3.87. The molecule has 5 heteroatoms. The Hall–Kier alpha value is -2.14. The maximum absolute atomic E-state index is 12.2. The Morgan fingerprint density at radius 2 is 1.86 bits per heavy atom. The van der Waals surface area contributed by atoms with E-state index in [0.717, 1.165) is 31.4 Å². The number of aliphatic hydroxyl groups is 1. The van der Waals surface area contributed by atoms with Gasteiger partial charge < -0.3 is 10.4 Å². The Morgan fingerprint density at radius 1 is 1.14 bits per heavy atom. The van der Waals surface area contributed by atoms with Crippen LogP contribution in [-0.2, 0) is 0 Å². The molecule has 1 aromatic carbocycles. The standard InChI is InChI=1S/C16H19N3O2/c20-14-8-6-12(7-9-14)17-16(21)15-10-11-19(18-15)13-4-2-1-3-5-13/h1-5,10-12,14,20H,6-9H2,(H,17,21). The number of benzene rings is 1. The monoisotopic (exact) mass is 285 g/mol. The molecule has 1 amide bonds. The van der Waals surface area contributed by atoms with Gasteiger partial charge in [0.05, 0.1) is 11.8 Å². The number of nitrogens with zero attached hydrogens (tertiary/aromatic N) is 2. The molecule has 5 nitrogen and oxygen atoms in total. The molecule has 0 spiro atoms. The van der Waals surface area contributed by atoms with Crippen molar-refractivity contribution in [2.24, 2.45) is 0 Å². The molecule has 21 heavy (non-hydrogen) atoms. The van der Waals surface area contributed by atoms with E-state index in [-0.39, 0.29) is 18.1 Å². The summed E-state index contributed by atoms with van der Waals surface area (Å²) in [5, 5.41) is 16.8. The fraction of sp³-hybridized carbons (Fsp3) is 0.375. The lowest BCUT2D eigenvalue weighted by atomic mass is 9.93. The lowest BCUT2D eigenvalue weighted by molar-refractivity contribution is 0.0863. The first-order chi connectivity index (χ1) is 10.2. The molecular weight excluding hydrogens is 266 g/mol. The van der Waals surface area contributed by atoms with Crippen molar-refractivity contribution in [2.75, 3.05) is 0 Å². The van der Waals surface area contributed by atoms with Gasteiger partial charge in [-0.3, -0.25) is 4.79 Å². The van der Waals surface area contributed by atoms with Gasteiger partial charge in [0.2, 0.25) is 0 Å². The molecule has 1 aliphatic carbocycles. The van der Waals surface area contributed by atoms with Crippen LogP contribution in [0.2, 0.25) is 0 Å². The van der Waals surface area contributed by atoms with Crippen LogP contribution in [0.1, 0.15) is 36.2 Å². The van der Waals surface area contributed by atoms with Crippen LogP contribution in [0.25, 0.3) is 5.69 Å². The van der Waals surface area contributed by atoms with Crippen molar-refractivity contribution in [1.82, 2.24) is 15.1 Å². The summed E-state index contributed by atoms with van der Waals surface area (Å²) in [6.07, 6.45) is 4.73. The van der Waals surface area contributed by atoms with Gasteiger partial charge in [-0.1, -0.05) is 18.2 Å². The summed E-state index contributed by atoms with van der Waals surface area (Å²) >= 11 is 0. The zero-order chi connectivity index (χ0) is 14.7. The third kappa shape index (κ3) is 3.31. The van der Waals surface area contributed by atoms with Crippen LogP contribution >= 0.6 is 0 Å². The number of amides is 1. The topological polar surface area (TPSA) is 67.2 Å². The number of nitrogens with one attached hydrogen (secondary N) is 1. The highest BCUT2D eigenvalue weighted by atomic mass is 16.3. The van der Waals surface area contributed by atoms with Gasteiger partial charge in [0.1, 0.15) is 0 Å². The van der Waals surface area contributed by atoms with Crippen LogP contribution in [0.3, 0.4) is 0 Å². The molecule has 1 aromatic heterocycles. The summed E-state index contributed by atoms with van der Waals surface area (Å²) in [4.78, 5) is 12.2. The van der Waals surface area contributed by atoms with Crippen molar-refractivity contribution in [2.45, 2.75) is 37.8 Å². The Labute approximate surface area is 123 Å². The minimum atomic E-state index is -0.213. The minimum absolute atomic E-state index is 0.141. The number of rotatable bonds is 3. The van der Waals surface area contributed by atoms with Gasteiger partial charge in [0.15, 0.2) is 5.69 Å². The van der Waals surface area contributed by atoms with E-state index < -0.39 is 0 Å². The SMILES string of the molecule is O=C(NC1CCC(O)CC1)c1ccn(-c2ccccc2)n1. The van der Waals surface area contributed by atoms with E-state index in [4.69, 9.17) is 0 Å². The van der Waals surface area contributed by atoms with Gasteiger partial charge in [-0.15, -0.1) is 0 Å². The highest BCUT2D eigenvalue weighted by Gasteiger charge is 2.22. The highest BCUT2D eigenvalue weighted by Crippen LogP contribution is 2.18. The average Bonchev–Trinajstić information content (AvgIpc) is 3.00. The van der Waals surface area contributed by atoms with E-state index in [9.17, 15) is 9.90 Å². The van der Waals surface area contributed by atoms with Gasteiger partial charge in [0, 0.05) is 12.2 Å². The summed E-state index contributed by atoms with van der Waals surface area (Å²) in [6.45, 7) is 0. The molecule has 0 radical (unpaired) electrons. The minimum Gasteiger partial charge on any atom is -0.393 e. The third-order valence-electron chi connectivity index (χ3n) is 3.87. The van der Waals surface area contributed by atoms with Crippen molar-refractivity contribution in [3.8, 4) is 5.69 Å². The zero-order valence-corrected chi connectivity index (χ0v) is 11.8. The normalized spacial score (nSPS) is 22.0. The maximum Gasteiger partial charge on any atom is 0.272 e. The second-order valence-electron chi connectivity index (χ2n) is 5.46. The summed E-state index contributed by atoms with van der Waals surface area (Å²) in [7, 11) is 0. The van der Waals surface area contributed by atoms with Gasteiger partial charge in [-0.25, -0.2) is 4.68 Å². The predicted molar refractivity (Wildman–Crippen MR) is 79.3 cm³/mol. The lowest BCUT2D eigenvalue weighted by Gasteiger charge is -2.25. The molecule has 0 aliphatic heterocycles. The molecule has 0 bridgehead atoms. The van der Waals surface area contributed by atoms with Crippen molar-refractivity contribution in [3.63, 3.8) is 0 Å². The van der Waals surface area contributed by atoms with Crippen LogP contribution in [0.5, 0.6) is 0 Å². The molecule has 1 fully saturated rings. The first-order valence-electron chi connectivity index (χ1n) is 7.32. The summed E-state index contributed by atoms with van der Waals surface area (Å²) < 4.78 is 1.69. The first kappa shape index (κ1) is 13.8. The van der Waals surface area contributed by atoms with Gasteiger partial charge in [-0.2, -0.15) is 5.10 Å². The number of carbonyl (C=O) groups excluding carboxylic acids is 1. The summed E-state index contributed by atoms with van der Waals surface area (Å²) in [5.41, 5.74) is 1.35. The van der Waals surface area contributed by atoms with Gasteiger partial charge >= 0.3 is 0 Å². The average molecular weight is 285 g/mol. The fourth-order valence-electron chi connectivity index (χ4n) is 2.65. The molecular formula is C16H19N3O2. The number of carbonyl (C=O) groups is 1. The van der Waals surface area contributed by atoms with Crippen LogP contribution in [-0.4, -0.2) is 32.9 Å². The van der Waals surface area contributed by atoms with E-state index in [0.29, 0.717) is 5.69 Å². The Bertz CT molecular complexity index is 601.